The Balaban J connectivity index is 1.86. The summed E-state index contributed by atoms with van der Waals surface area (Å²) in [5.41, 5.74) is 3.36. The first-order valence-electron chi connectivity index (χ1n) is 8.84. The highest BCUT2D eigenvalue weighted by molar-refractivity contribution is 7.98. The molecule has 0 unspecified atom stereocenters. The number of nitrogens with zero attached hydrogens (tertiary/aromatic N) is 4. The molecule has 0 aliphatic heterocycles. The molecule has 0 radical (unpaired) electrons. The molecule has 1 aromatic carbocycles. The number of ether oxygens (including phenoxy) is 1. The van der Waals surface area contributed by atoms with E-state index < -0.39 is 0 Å². The minimum Gasteiger partial charge on any atom is -0.495 e. The Bertz CT molecular complexity index is 1100. The molecule has 9 nitrogen and oxygen atoms in total. The van der Waals surface area contributed by atoms with Crippen LogP contribution in [-0.2, 0) is 16.0 Å². The van der Waals surface area contributed by atoms with Crippen LogP contribution in [0, 0.1) is 13.8 Å². The minimum atomic E-state index is -0.235. The molecule has 0 aliphatic carbocycles. The second kappa shape index (κ2) is 8.48. The Morgan fingerprint density at radius 1 is 1.21 bits per heavy atom. The lowest BCUT2D eigenvalue weighted by atomic mass is 10.1. The maximum absolute atomic E-state index is 12.8. The zero-order chi connectivity index (χ0) is 21.1. The molecular formula is C19H22N6O3S. The Morgan fingerprint density at radius 3 is 2.62 bits per heavy atom. The Labute approximate surface area is 172 Å². The second-order valence-electron chi connectivity index (χ2n) is 6.39. The van der Waals surface area contributed by atoms with Crippen molar-refractivity contribution in [3.63, 3.8) is 0 Å². The van der Waals surface area contributed by atoms with Gasteiger partial charge in [-0.05, 0) is 38.3 Å². The highest BCUT2D eigenvalue weighted by Crippen LogP contribution is 2.28. The smallest absolute Gasteiger partial charge is 0.253 e. The van der Waals surface area contributed by atoms with E-state index in [0.29, 0.717) is 28.1 Å². The minimum absolute atomic E-state index is 0.114. The van der Waals surface area contributed by atoms with Crippen molar-refractivity contribution in [3.05, 3.63) is 35.2 Å². The third kappa shape index (κ3) is 4.48. The molecule has 0 spiro atoms. The van der Waals surface area contributed by atoms with Crippen LogP contribution >= 0.6 is 11.8 Å². The number of methoxy groups -OCH3 is 1. The van der Waals surface area contributed by atoms with Crippen LogP contribution in [0.25, 0.3) is 5.78 Å². The SMILES string of the molecule is COc1ccc(NC(C)=O)cc1NC(=O)Cc1c(C)nc2nc(SC)nn2c1C. The number of rotatable bonds is 6. The van der Waals surface area contributed by atoms with Gasteiger partial charge >= 0.3 is 0 Å². The number of carbonyl (C=O) groups excluding carboxylic acids is 2. The third-order valence-corrected chi connectivity index (χ3v) is 4.88. The number of carbonyl (C=O) groups is 2. The van der Waals surface area contributed by atoms with Crippen molar-refractivity contribution in [3.8, 4) is 5.75 Å². The fourth-order valence-corrected chi connectivity index (χ4v) is 3.31. The Kier molecular flexibility index (Phi) is 6.02. The van der Waals surface area contributed by atoms with Crippen LogP contribution < -0.4 is 15.4 Å². The van der Waals surface area contributed by atoms with Gasteiger partial charge < -0.3 is 15.4 Å². The zero-order valence-corrected chi connectivity index (χ0v) is 17.7. The number of hydrogen-bond acceptors (Lipinski definition) is 7. The highest BCUT2D eigenvalue weighted by atomic mass is 32.2. The molecule has 0 atom stereocenters. The first-order valence-corrected chi connectivity index (χ1v) is 10.1. The number of fused-ring (bicyclic) bond motifs is 1. The Hall–Kier alpha value is -3.14. The molecule has 3 aromatic rings. The summed E-state index contributed by atoms with van der Waals surface area (Å²) in [5.74, 6) is 0.574. The molecule has 0 saturated heterocycles. The summed E-state index contributed by atoms with van der Waals surface area (Å²) in [6.07, 6.45) is 2.01. The first kappa shape index (κ1) is 20.6. The van der Waals surface area contributed by atoms with Crippen LogP contribution in [0.5, 0.6) is 5.75 Å². The van der Waals surface area contributed by atoms with E-state index >= 15 is 0 Å². The van der Waals surface area contributed by atoms with Crippen LogP contribution in [0.4, 0.5) is 11.4 Å². The molecule has 2 aromatic heterocycles. The van der Waals surface area contributed by atoms with E-state index in [0.717, 1.165) is 17.0 Å². The maximum atomic E-state index is 12.8. The fourth-order valence-electron chi connectivity index (χ4n) is 2.97. The summed E-state index contributed by atoms with van der Waals surface area (Å²) < 4.78 is 6.96. The van der Waals surface area contributed by atoms with Gasteiger partial charge in [0.15, 0.2) is 0 Å². The summed E-state index contributed by atoms with van der Waals surface area (Å²) in [5, 5.41) is 10.6. The maximum Gasteiger partial charge on any atom is 0.253 e. The van der Waals surface area contributed by atoms with Crippen molar-refractivity contribution in [2.45, 2.75) is 32.3 Å². The molecule has 0 aliphatic rings. The molecule has 10 heteroatoms. The lowest BCUT2D eigenvalue weighted by Gasteiger charge is -2.14. The van der Waals surface area contributed by atoms with Gasteiger partial charge in [-0.3, -0.25) is 9.59 Å². The van der Waals surface area contributed by atoms with Crippen LogP contribution in [0.3, 0.4) is 0 Å². The highest BCUT2D eigenvalue weighted by Gasteiger charge is 2.17. The summed E-state index contributed by atoms with van der Waals surface area (Å²) >= 11 is 1.43. The molecule has 29 heavy (non-hydrogen) atoms. The summed E-state index contributed by atoms with van der Waals surface area (Å²) in [4.78, 5) is 32.9. The van der Waals surface area contributed by atoms with Gasteiger partial charge in [0.05, 0.1) is 19.2 Å². The topological polar surface area (TPSA) is 111 Å². The van der Waals surface area contributed by atoms with Crippen molar-refractivity contribution >= 4 is 40.7 Å². The van der Waals surface area contributed by atoms with Gasteiger partial charge in [-0.2, -0.15) is 4.98 Å². The van der Waals surface area contributed by atoms with E-state index in [1.54, 1.807) is 22.7 Å². The lowest BCUT2D eigenvalue weighted by Crippen LogP contribution is -2.18. The van der Waals surface area contributed by atoms with Crippen molar-refractivity contribution in [1.82, 2.24) is 19.6 Å². The normalized spacial score (nSPS) is 10.8. The lowest BCUT2D eigenvalue weighted by molar-refractivity contribution is -0.116. The number of amides is 2. The molecule has 2 N–H and O–H groups in total. The molecule has 0 bridgehead atoms. The number of benzene rings is 1. The molecular weight excluding hydrogens is 392 g/mol. The van der Waals surface area contributed by atoms with Gasteiger partial charge in [0.25, 0.3) is 5.78 Å². The zero-order valence-electron chi connectivity index (χ0n) is 16.9. The largest absolute Gasteiger partial charge is 0.495 e. The van der Waals surface area contributed by atoms with E-state index in [1.807, 2.05) is 20.1 Å². The monoisotopic (exact) mass is 414 g/mol. The second-order valence-corrected chi connectivity index (χ2v) is 7.17. The van der Waals surface area contributed by atoms with Crippen molar-refractivity contribution in [2.75, 3.05) is 24.0 Å². The number of aromatic nitrogens is 4. The number of thioether (sulfide) groups is 1. The molecule has 0 saturated carbocycles. The van der Waals surface area contributed by atoms with Crippen LogP contribution in [0.1, 0.15) is 23.9 Å². The molecule has 0 fully saturated rings. The summed E-state index contributed by atoms with van der Waals surface area (Å²) in [7, 11) is 1.52. The molecule has 3 rings (SSSR count). The summed E-state index contributed by atoms with van der Waals surface area (Å²) in [6, 6.07) is 5.04. The van der Waals surface area contributed by atoms with E-state index in [9.17, 15) is 9.59 Å². The van der Waals surface area contributed by atoms with Gasteiger partial charge in [0.2, 0.25) is 17.0 Å². The first-order chi connectivity index (χ1) is 13.8. The number of nitrogens with one attached hydrogen (secondary N) is 2. The van der Waals surface area contributed by atoms with Crippen molar-refractivity contribution in [1.29, 1.82) is 0 Å². The molecule has 152 valence electrons. The van der Waals surface area contributed by atoms with Crippen LogP contribution in [0.15, 0.2) is 23.4 Å². The fraction of sp³-hybridized carbons (Fsp3) is 0.316. The predicted molar refractivity (Wildman–Crippen MR) is 112 cm³/mol. The van der Waals surface area contributed by atoms with Gasteiger partial charge in [-0.1, -0.05) is 11.8 Å². The van der Waals surface area contributed by atoms with Crippen molar-refractivity contribution in [2.24, 2.45) is 0 Å². The van der Waals surface area contributed by atoms with Gasteiger partial charge in [0, 0.05) is 29.6 Å². The van der Waals surface area contributed by atoms with Crippen molar-refractivity contribution < 1.29 is 14.3 Å². The Morgan fingerprint density at radius 2 is 1.97 bits per heavy atom. The van der Waals surface area contributed by atoms with E-state index in [4.69, 9.17) is 4.74 Å². The number of hydrogen-bond donors (Lipinski definition) is 2. The predicted octanol–water partition coefficient (Wildman–Crippen LogP) is 2.61. The van der Waals surface area contributed by atoms with Crippen LogP contribution in [0.2, 0.25) is 0 Å². The van der Waals surface area contributed by atoms with E-state index in [-0.39, 0.29) is 18.2 Å². The third-order valence-electron chi connectivity index (χ3n) is 4.34. The van der Waals surface area contributed by atoms with Gasteiger partial charge in [-0.15, -0.1) is 5.10 Å². The average Bonchev–Trinajstić information content (AvgIpc) is 3.08. The number of anilines is 2. The quantitative estimate of drug-likeness (QED) is 0.597. The van der Waals surface area contributed by atoms with Gasteiger partial charge in [0.1, 0.15) is 5.75 Å². The van der Waals surface area contributed by atoms with E-state index in [2.05, 4.69) is 25.7 Å². The van der Waals surface area contributed by atoms with E-state index in [1.165, 1.54) is 25.8 Å². The average molecular weight is 414 g/mol. The van der Waals surface area contributed by atoms with Crippen LogP contribution in [-0.4, -0.2) is 44.8 Å². The van der Waals surface area contributed by atoms with Gasteiger partial charge in [-0.25, -0.2) is 9.50 Å². The molecule has 2 amide bonds. The molecule has 2 heterocycles. The summed E-state index contributed by atoms with van der Waals surface area (Å²) in [6.45, 7) is 5.16. The standard InChI is InChI=1S/C19H22N6O3S/c1-10-14(11(2)25-18(20-10)23-19(24-25)29-5)9-17(27)22-15-8-13(21-12(3)26)6-7-16(15)28-4/h6-8H,9H2,1-5H3,(H,21,26)(H,22,27). The number of aryl methyl sites for hydroxylation is 2.